The molecule has 4 rings (SSSR count). The van der Waals surface area contributed by atoms with Crippen molar-refractivity contribution in [3.05, 3.63) is 74.9 Å². The standard InChI is InChI=1S/C23H25N5O4/c1-2-27-22(31)17-10-4-6-12-19(17)28(23(27)32)15-21(30)25-24-20(29)14-26-13-7-9-16-8-3-5-11-18(16)26/h3-6,8,10-12H,2,7,9,13-15H2,1H3,(H,24,29)(H,25,30). The largest absolute Gasteiger partial charge is 0.362 e. The van der Waals surface area contributed by atoms with Crippen LogP contribution in [0.15, 0.2) is 58.1 Å². The first-order chi connectivity index (χ1) is 15.5. The summed E-state index contributed by atoms with van der Waals surface area (Å²) in [4.78, 5) is 52.1. The van der Waals surface area contributed by atoms with Gasteiger partial charge in [0.05, 0.1) is 17.4 Å². The van der Waals surface area contributed by atoms with Crippen molar-refractivity contribution in [2.45, 2.75) is 32.9 Å². The van der Waals surface area contributed by atoms with Crippen LogP contribution in [-0.2, 0) is 29.1 Å². The summed E-state index contributed by atoms with van der Waals surface area (Å²) in [5.41, 5.74) is 6.45. The van der Waals surface area contributed by atoms with Crippen LogP contribution in [0.5, 0.6) is 0 Å². The number of amides is 2. The minimum absolute atomic E-state index is 0.112. The fourth-order valence-corrected chi connectivity index (χ4v) is 4.11. The van der Waals surface area contributed by atoms with Crippen molar-refractivity contribution in [3.63, 3.8) is 0 Å². The first kappa shape index (κ1) is 21.4. The van der Waals surface area contributed by atoms with Crippen LogP contribution in [0.4, 0.5) is 5.69 Å². The molecule has 0 atom stereocenters. The van der Waals surface area contributed by atoms with E-state index in [1.165, 1.54) is 10.1 Å². The Kier molecular flexibility index (Phi) is 6.07. The van der Waals surface area contributed by atoms with Crippen molar-refractivity contribution in [2.24, 2.45) is 0 Å². The van der Waals surface area contributed by atoms with Gasteiger partial charge >= 0.3 is 5.69 Å². The predicted octanol–water partition coefficient (Wildman–Crippen LogP) is 0.783. The number of carbonyl (C=O) groups excluding carboxylic acids is 2. The molecule has 2 N–H and O–H groups in total. The minimum atomic E-state index is -0.567. The SMILES string of the molecule is CCn1c(=O)c2ccccc2n(CC(=O)NNC(=O)CN2CCCc3ccccc32)c1=O. The molecule has 2 heterocycles. The zero-order valence-corrected chi connectivity index (χ0v) is 17.8. The first-order valence-electron chi connectivity index (χ1n) is 10.6. The fraction of sp³-hybridized carbons (Fsp3) is 0.304. The molecule has 0 spiro atoms. The number of nitrogens with zero attached hydrogens (tertiary/aromatic N) is 3. The van der Waals surface area contributed by atoms with Gasteiger partial charge in [0.15, 0.2) is 0 Å². The maximum atomic E-state index is 12.7. The molecule has 2 amide bonds. The van der Waals surface area contributed by atoms with Gasteiger partial charge in [0, 0.05) is 18.8 Å². The van der Waals surface area contributed by atoms with Crippen molar-refractivity contribution in [2.75, 3.05) is 18.0 Å². The Morgan fingerprint density at radius 3 is 2.38 bits per heavy atom. The molecular weight excluding hydrogens is 410 g/mol. The van der Waals surface area contributed by atoms with Crippen LogP contribution in [0.25, 0.3) is 10.9 Å². The van der Waals surface area contributed by atoms with E-state index >= 15 is 0 Å². The highest BCUT2D eigenvalue weighted by Crippen LogP contribution is 2.26. The van der Waals surface area contributed by atoms with E-state index in [-0.39, 0.29) is 31.1 Å². The lowest BCUT2D eigenvalue weighted by atomic mass is 10.0. The molecular formula is C23H25N5O4. The van der Waals surface area contributed by atoms with Gasteiger partial charge in [-0.1, -0.05) is 30.3 Å². The van der Waals surface area contributed by atoms with Crippen LogP contribution in [0.1, 0.15) is 18.9 Å². The topological polar surface area (TPSA) is 105 Å². The molecule has 9 heteroatoms. The zero-order chi connectivity index (χ0) is 22.7. The number of rotatable bonds is 5. The zero-order valence-electron chi connectivity index (χ0n) is 17.8. The second kappa shape index (κ2) is 9.09. The molecule has 0 radical (unpaired) electrons. The predicted molar refractivity (Wildman–Crippen MR) is 121 cm³/mol. The quantitative estimate of drug-likeness (QED) is 0.577. The summed E-state index contributed by atoms with van der Waals surface area (Å²) in [6.07, 6.45) is 1.94. The number of aromatic nitrogens is 2. The average molecular weight is 435 g/mol. The van der Waals surface area contributed by atoms with E-state index in [0.717, 1.165) is 29.6 Å². The summed E-state index contributed by atoms with van der Waals surface area (Å²) < 4.78 is 2.32. The lowest BCUT2D eigenvalue weighted by Crippen LogP contribution is -2.49. The molecule has 0 bridgehead atoms. The molecule has 32 heavy (non-hydrogen) atoms. The summed E-state index contributed by atoms with van der Waals surface area (Å²) in [6, 6.07) is 14.6. The molecule has 0 saturated heterocycles. The Balaban J connectivity index is 1.44. The summed E-state index contributed by atoms with van der Waals surface area (Å²) in [7, 11) is 0. The molecule has 9 nitrogen and oxygen atoms in total. The van der Waals surface area contributed by atoms with E-state index < -0.39 is 11.6 Å². The summed E-state index contributed by atoms with van der Waals surface area (Å²) in [5, 5.41) is 0.356. The summed E-state index contributed by atoms with van der Waals surface area (Å²) >= 11 is 0. The van der Waals surface area contributed by atoms with Crippen molar-refractivity contribution >= 4 is 28.4 Å². The van der Waals surface area contributed by atoms with Gasteiger partial charge in [-0.15, -0.1) is 0 Å². The molecule has 2 aromatic carbocycles. The Labute approximate surface area is 184 Å². The Hall–Kier alpha value is -3.88. The third-order valence-electron chi connectivity index (χ3n) is 5.63. The van der Waals surface area contributed by atoms with Crippen molar-refractivity contribution in [1.82, 2.24) is 20.0 Å². The lowest BCUT2D eigenvalue weighted by molar-refractivity contribution is -0.128. The van der Waals surface area contributed by atoms with Gasteiger partial charge in [-0.2, -0.15) is 0 Å². The second-order valence-corrected chi connectivity index (χ2v) is 7.69. The molecule has 1 aromatic heterocycles. The molecule has 1 aliphatic rings. The molecule has 0 saturated carbocycles. The normalized spacial score (nSPS) is 13.0. The second-order valence-electron chi connectivity index (χ2n) is 7.69. The third kappa shape index (κ3) is 4.14. The number of hydrogen-bond donors (Lipinski definition) is 2. The van der Waals surface area contributed by atoms with E-state index in [2.05, 4.69) is 16.9 Å². The highest BCUT2D eigenvalue weighted by molar-refractivity contribution is 5.86. The van der Waals surface area contributed by atoms with Crippen LogP contribution in [0, 0.1) is 0 Å². The van der Waals surface area contributed by atoms with Gasteiger partial charge < -0.3 is 4.90 Å². The van der Waals surface area contributed by atoms with Crippen LogP contribution >= 0.6 is 0 Å². The molecule has 0 aliphatic carbocycles. The maximum Gasteiger partial charge on any atom is 0.331 e. The van der Waals surface area contributed by atoms with Crippen LogP contribution in [0.3, 0.4) is 0 Å². The molecule has 166 valence electrons. The minimum Gasteiger partial charge on any atom is -0.362 e. The number of fused-ring (bicyclic) bond motifs is 2. The monoisotopic (exact) mass is 435 g/mol. The smallest absolute Gasteiger partial charge is 0.331 e. The van der Waals surface area contributed by atoms with E-state index in [1.54, 1.807) is 31.2 Å². The summed E-state index contributed by atoms with van der Waals surface area (Å²) in [6.45, 7) is 2.44. The van der Waals surface area contributed by atoms with Crippen LogP contribution < -0.4 is 27.0 Å². The number of anilines is 1. The highest BCUT2D eigenvalue weighted by Gasteiger charge is 2.19. The number of hydrogen-bond acceptors (Lipinski definition) is 5. The van der Waals surface area contributed by atoms with Gasteiger partial charge in [0.2, 0.25) is 0 Å². The first-order valence-corrected chi connectivity index (χ1v) is 10.6. The average Bonchev–Trinajstić information content (AvgIpc) is 2.81. The molecule has 1 aliphatic heterocycles. The third-order valence-corrected chi connectivity index (χ3v) is 5.63. The number of aryl methyl sites for hydroxylation is 1. The van der Waals surface area contributed by atoms with Gasteiger partial charge in [-0.25, -0.2) is 4.79 Å². The number of nitrogens with one attached hydrogen (secondary N) is 2. The van der Waals surface area contributed by atoms with Crippen molar-refractivity contribution < 1.29 is 9.59 Å². The Morgan fingerprint density at radius 2 is 1.59 bits per heavy atom. The number of para-hydroxylation sites is 2. The van der Waals surface area contributed by atoms with Gasteiger partial charge in [-0.3, -0.25) is 34.4 Å². The van der Waals surface area contributed by atoms with Gasteiger partial charge in [0.1, 0.15) is 6.54 Å². The fourth-order valence-electron chi connectivity index (χ4n) is 4.11. The Bertz CT molecular complexity index is 1290. The van der Waals surface area contributed by atoms with Crippen LogP contribution in [0.2, 0.25) is 0 Å². The van der Waals surface area contributed by atoms with Crippen molar-refractivity contribution in [3.8, 4) is 0 Å². The lowest BCUT2D eigenvalue weighted by Gasteiger charge is -2.30. The van der Waals surface area contributed by atoms with E-state index in [0.29, 0.717) is 10.9 Å². The highest BCUT2D eigenvalue weighted by atomic mass is 16.2. The van der Waals surface area contributed by atoms with E-state index in [9.17, 15) is 19.2 Å². The number of benzene rings is 2. The molecule has 0 fully saturated rings. The molecule has 3 aromatic rings. The van der Waals surface area contributed by atoms with Gasteiger partial charge in [-0.05, 0) is 43.5 Å². The Morgan fingerprint density at radius 1 is 0.906 bits per heavy atom. The summed E-state index contributed by atoms with van der Waals surface area (Å²) in [5.74, 6) is -0.920. The van der Waals surface area contributed by atoms with E-state index in [1.807, 2.05) is 23.1 Å². The van der Waals surface area contributed by atoms with Gasteiger partial charge in [0.25, 0.3) is 17.4 Å². The number of carbonyl (C=O) groups is 2. The molecule has 0 unspecified atom stereocenters. The number of hydrazine groups is 1. The van der Waals surface area contributed by atoms with Crippen molar-refractivity contribution in [1.29, 1.82) is 0 Å². The van der Waals surface area contributed by atoms with Crippen LogP contribution in [-0.4, -0.2) is 34.0 Å². The van der Waals surface area contributed by atoms with E-state index in [4.69, 9.17) is 0 Å². The maximum absolute atomic E-state index is 12.7.